The van der Waals surface area contributed by atoms with Crippen molar-refractivity contribution in [3.8, 4) is 0 Å². The molecule has 98 valence electrons. The van der Waals surface area contributed by atoms with Crippen LogP contribution in [0.2, 0.25) is 0 Å². The fraction of sp³-hybridized carbons (Fsp3) is 0.929. The molecule has 3 heteroatoms. The van der Waals surface area contributed by atoms with Gasteiger partial charge in [-0.2, -0.15) is 0 Å². The molecule has 0 radical (unpaired) electrons. The number of hydrogen-bond donors (Lipinski definition) is 1. The van der Waals surface area contributed by atoms with E-state index in [4.69, 9.17) is 4.74 Å². The van der Waals surface area contributed by atoms with Crippen LogP contribution in [0.4, 0.5) is 0 Å². The van der Waals surface area contributed by atoms with Gasteiger partial charge in [-0.3, -0.25) is 4.79 Å². The lowest BCUT2D eigenvalue weighted by Crippen LogP contribution is -2.34. The summed E-state index contributed by atoms with van der Waals surface area (Å²) in [6.07, 6.45) is 9.49. The predicted octanol–water partition coefficient (Wildman–Crippen LogP) is 3.23. The summed E-state index contributed by atoms with van der Waals surface area (Å²) in [7, 11) is 0. The number of hydrogen-bond acceptors (Lipinski definition) is 2. The molecule has 3 nitrogen and oxygen atoms in total. The minimum Gasteiger partial charge on any atom is -0.481 e. The van der Waals surface area contributed by atoms with Gasteiger partial charge >= 0.3 is 5.97 Å². The average Bonchev–Trinajstić information content (AvgIpc) is 2.74. The van der Waals surface area contributed by atoms with Crippen molar-refractivity contribution in [2.24, 2.45) is 11.3 Å². The lowest BCUT2D eigenvalue weighted by molar-refractivity contribution is -0.151. The van der Waals surface area contributed by atoms with Crippen molar-refractivity contribution in [3.05, 3.63) is 0 Å². The Morgan fingerprint density at radius 3 is 2.35 bits per heavy atom. The molecule has 1 saturated carbocycles. The molecule has 1 saturated heterocycles. The molecule has 0 aromatic heterocycles. The Morgan fingerprint density at radius 2 is 1.82 bits per heavy atom. The van der Waals surface area contributed by atoms with E-state index in [1.54, 1.807) is 0 Å². The van der Waals surface area contributed by atoms with Crippen LogP contribution in [0, 0.1) is 11.3 Å². The largest absolute Gasteiger partial charge is 0.481 e. The van der Waals surface area contributed by atoms with Crippen molar-refractivity contribution in [1.82, 2.24) is 0 Å². The van der Waals surface area contributed by atoms with Gasteiger partial charge in [0.1, 0.15) is 0 Å². The Bertz CT molecular complexity index is 248. The van der Waals surface area contributed by atoms with E-state index in [2.05, 4.69) is 0 Å². The first-order chi connectivity index (χ1) is 8.23. The normalized spacial score (nSPS) is 29.5. The van der Waals surface area contributed by atoms with E-state index >= 15 is 0 Å². The SMILES string of the molecule is O=C(O)C1(CC2CCOC2)CCCCCCC1. The third kappa shape index (κ3) is 3.21. The van der Waals surface area contributed by atoms with E-state index in [1.165, 1.54) is 19.3 Å². The van der Waals surface area contributed by atoms with Crippen LogP contribution in [0.3, 0.4) is 0 Å². The number of ether oxygens (including phenoxy) is 1. The van der Waals surface area contributed by atoms with Crippen molar-refractivity contribution in [1.29, 1.82) is 0 Å². The first kappa shape index (κ1) is 12.9. The van der Waals surface area contributed by atoms with E-state index in [-0.39, 0.29) is 0 Å². The van der Waals surface area contributed by atoms with Crippen LogP contribution in [0.15, 0.2) is 0 Å². The number of carboxylic acid groups (broad SMARTS) is 1. The first-order valence-corrected chi connectivity index (χ1v) is 7.04. The van der Waals surface area contributed by atoms with Crippen LogP contribution in [0.1, 0.15) is 57.8 Å². The van der Waals surface area contributed by atoms with Crippen molar-refractivity contribution in [2.45, 2.75) is 57.8 Å². The highest BCUT2D eigenvalue weighted by atomic mass is 16.5. The van der Waals surface area contributed by atoms with Gasteiger partial charge in [-0.1, -0.05) is 32.1 Å². The Morgan fingerprint density at radius 1 is 1.18 bits per heavy atom. The molecule has 0 spiro atoms. The quantitative estimate of drug-likeness (QED) is 0.823. The molecule has 0 amide bonds. The number of aliphatic carboxylic acids is 1. The highest BCUT2D eigenvalue weighted by molar-refractivity contribution is 5.74. The van der Waals surface area contributed by atoms with Crippen LogP contribution in [0.5, 0.6) is 0 Å². The van der Waals surface area contributed by atoms with Crippen molar-refractivity contribution in [2.75, 3.05) is 13.2 Å². The molecular weight excluding hydrogens is 216 g/mol. The van der Waals surface area contributed by atoms with Gasteiger partial charge in [0.25, 0.3) is 0 Å². The average molecular weight is 240 g/mol. The number of carboxylic acids is 1. The molecule has 1 aliphatic heterocycles. The van der Waals surface area contributed by atoms with E-state index in [0.717, 1.165) is 51.7 Å². The Kier molecular flexibility index (Phi) is 4.43. The zero-order valence-electron chi connectivity index (χ0n) is 10.6. The van der Waals surface area contributed by atoms with Crippen LogP contribution in [-0.4, -0.2) is 24.3 Å². The summed E-state index contributed by atoms with van der Waals surface area (Å²) >= 11 is 0. The molecule has 0 aromatic carbocycles. The maximum atomic E-state index is 11.7. The molecule has 2 aliphatic rings. The monoisotopic (exact) mass is 240 g/mol. The van der Waals surface area contributed by atoms with Crippen LogP contribution in [0.25, 0.3) is 0 Å². The lowest BCUT2D eigenvalue weighted by atomic mass is 9.70. The van der Waals surface area contributed by atoms with Gasteiger partial charge in [-0.25, -0.2) is 0 Å². The van der Waals surface area contributed by atoms with Crippen LogP contribution < -0.4 is 0 Å². The molecule has 1 heterocycles. The summed E-state index contributed by atoms with van der Waals surface area (Å²) in [5.41, 5.74) is -0.446. The third-order valence-electron chi connectivity index (χ3n) is 4.47. The zero-order valence-corrected chi connectivity index (χ0v) is 10.6. The van der Waals surface area contributed by atoms with Gasteiger partial charge in [0.05, 0.1) is 5.41 Å². The molecule has 17 heavy (non-hydrogen) atoms. The second-order valence-corrected chi connectivity index (χ2v) is 5.79. The van der Waals surface area contributed by atoms with Gasteiger partial charge < -0.3 is 9.84 Å². The van der Waals surface area contributed by atoms with Gasteiger partial charge in [-0.05, 0) is 31.6 Å². The standard InChI is InChI=1S/C14H24O3/c15-13(16)14(10-12-6-9-17-11-12)7-4-2-1-3-5-8-14/h12H,1-11H2,(H,15,16). The number of rotatable bonds is 3. The zero-order chi connectivity index (χ0) is 12.1. The maximum Gasteiger partial charge on any atom is 0.309 e. The molecule has 0 bridgehead atoms. The summed E-state index contributed by atoms with van der Waals surface area (Å²) in [5.74, 6) is -0.0863. The maximum absolute atomic E-state index is 11.7. The molecule has 1 N–H and O–H groups in total. The Labute approximate surface area is 104 Å². The minimum atomic E-state index is -0.564. The molecule has 1 atom stereocenters. The molecule has 1 aliphatic carbocycles. The summed E-state index contributed by atoms with van der Waals surface area (Å²) in [4.78, 5) is 11.7. The lowest BCUT2D eigenvalue weighted by Gasteiger charge is -2.33. The van der Waals surface area contributed by atoms with Gasteiger partial charge in [0.2, 0.25) is 0 Å². The topological polar surface area (TPSA) is 46.5 Å². The highest BCUT2D eigenvalue weighted by Gasteiger charge is 2.40. The van der Waals surface area contributed by atoms with E-state index < -0.39 is 11.4 Å². The van der Waals surface area contributed by atoms with E-state index in [1.807, 2.05) is 0 Å². The number of carbonyl (C=O) groups is 1. The summed E-state index contributed by atoms with van der Waals surface area (Å²) < 4.78 is 5.39. The second-order valence-electron chi connectivity index (χ2n) is 5.79. The van der Waals surface area contributed by atoms with Crippen molar-refractivity contribution < 1.29 is 14.6 Å². The van der Waals surface area contributed by atoms with Gasteiger partial charge in [0, 0.05) is 13.2 Å². The predicted molar refractivity (Wildman–Crippen MR) is 65.9 cm³/mol. The van der Waals surface area contributed by atoms with Crippen molar-refractivity contribution in [3.63, 3.8) is 0 Å². The van der Waals surface area contributed by atoms with Gasteiger partial charge in [-0.15, -0.1) is 0 Å². The van der Waals surface area contributed by atoms with Crippen LogP contribution >= 0.6 is 0 Å². The summed E-state index contributed by atoms with van der Waals surface area (Å²) in [6, 6.07) is 0. The fourth-order valence-corrected chi connectivity index (χ4v) is 3.38. The highest BCUT2D eigenvalue weighted by Crippen LogP contribution is 2.41. The van der Waals surface area contributed by atoms with Crippen molar-refractivity contribution >= 4 is 5.97 Å². The molecule has 2 fully saturated rings. The minimum absolute atomic E-state index is 0.446. The van der Waals surface area contributed by atoms with Gasteiger partial charge in [0.15, 0.2) is 0 Å². The summed E-state index contributed by atoms with van der Waals surface area (Å²) in [5, 5.41) is 9.63. The smallest absolute Gasteiger partial charge is 0.309 e. The van der Waals surface area contributed by atoms with E-state index in [0.29, 0.717) is 5.92 Å². The molecule has 0 aromatic rings. The molecule has 1 unspecified atom stereocenters. The van der Waals surface area contributed by atoms with Crippen LogP contribution in [-0.2, 0) is 9.53 Å². The second kappa shape index (κ2) is 5.85. The Hall–Kier alpha value is -0.570. The van der Waals surface area contributed by atoms with E-state index in [9.17, 15) is 9.90 Å². The fourth-order valence-electron chi connectivity index (χ4n) is 3.38. The Balaban J connectivity index is 2.02. The third-order valence-corrected chi connectivity index (χ3v) is 4.47. The first-order valence-electron chi connectivity index (χ1n) is 7.04. The molecule has 2 rings (SSSR count). The molecular formula is C14H24O3. The summed E-state index contributed by atoms with van der Waals surface area (Å²) in [6.45, 7) is 1.59.